The first-order chi connectivity index (χ1) is 8.06. The number of carbonyl (C=O) groups excluding carboxylic acids is 1. The van der Waals surface area contributed by atoms with Gasteiger partial charge in [-0.25, -0.2) is 0 Å². The molecule has 3 N–H and O–H groups in total. The van der Waals surface area contributed by atoms with Crippen LogP contribution in [-0.2, 0) is 14.3 Å². The number of hydrogen-bond donors (Lipinski definition) is 3. The molecule has 1 aliphatic carbocycles. The summed E-state index contributed by atoms with van der Waals surface area (Å²) in [5.74, 6) is -2.26. The lowest BCUT2D eigenvalue weighted by atomic mass is 9.95. The quantitative estimate of drug-likeness (QED) is 0.592. The molecule has 0 spiro atoms. The molecule has 0 aromatic carbocycles. The van der Waals surface area contributed by atoms with Crippen molar-refractivity contribution in [3.05, 3.63) is 0 Å². The van der Waals surface area contributed by atoms with Gasteiger partial charge in [-0.15, -0.1) is 0 Å². The van der Waals surface area contributed by atoms with Gasteiger partial charge in [0.1, 0.15) is 0 Å². The largest absolute Gasteiger partial charge is 0.481 e. The molecule has 98 valence electrons. The van der Waals surface area contributed by atoms with Crippen LogP contribution in [0, 0.1) is 11.8 Å². The lowest BCUT2D eigenvalue weighted by Gasteiger charge is -2.17. The summed E-state index contributed by atoms with van der Waals surface area (Å²) in [6, 6.07) is 0. The Labute approximate surface area is 100.0 Å². The molecular weight excluding hydrogens is 226 g/mol. The smallest absolute Gasteiger partial charge is 0.307 e. The van der Waals surface area contributed by atoms with E-state index >= 15 is 0 Å². The molecule has 1 fully saturated rings. The van der Waals surface area contributed by atoms with Gasteiger partial charge in [0.25, 0.3) is 0 Å². The Morgan fingerprint density at radius 1 is 1.41 bits per heavy atom. The Balaban J connectivity index is 2.39. The number of methoxy groups -OCH3 is 1. The van der Waals surface area contributed by atoms with Gasteiger partial charge in [-0.1, -0.05) is 6.42 Å². The van der Waals surface area contributed by atoms with E-state index in [-0.39, 0.29) is 19.1 Å². The van der Waals surface area contributed by atoms with E-state index in [2.05, 4.69) is 5.32 Å². The van der Waals surface area contributed by atoms with Crippen LogP contribution in [0.25, 0.3) is 0 Å². The number of carboxylic acids is 1. The number of hydrogen-bond acceptors (Lipinski definition) is 4. The summed E-state index contributed by atoms with van der Waals surface area (Å²) in [4.78, 5) is 22.7. The fraction of sp³-hybridized carbons (Fsp3) is 0.818. The Morgan fingerprint density at radius 3 is 2.65 bits per heavy atom. The summed E-state index contributed by atoms with van der Waals surface area (Å²) in [6.45, 7) is 0.239. The van der Waals surface area contributed by atoms with Crippen molar-refractivity contribution in [3.8, 4) is 0 Å². The molecule has 6 nitrogen and oxygen atoms in total. The van der Waals surface area contributed by atoms with Crippen LogP contribution in [0.5, 0.6) is 0 Å². The second-order valence-corrected chi connectivity index (χ2v) is 4.34. The van der Waals surface area contributed by atoms with E-state index in [1.807, 2.05) is 0 Å². The van der Waals surface area contributed by atoms with Gasteiger partial charge in [0.2, 0.25) is 5.91 Å². The first-order valence-corrected chi connectivity index (χ1v) is 5.73. The van der Waals surface area contributed by atoms with Crippen LogP contribution in [-0.4, -0.2) is 48.5 Å². The summed E-state index contributed by atoms with van der Waals surface area (Å²) >= 11 is 0. The van der Waals surface area contributed by atoms with Gasteiger partial charge in [-0.3, -0.25) is 9.59 Å². The van der Waals surface area contributed by atoms with E-state index in [1.54, 1.807) is 0 Å². The standard InChI is InChI=1S/C11H19NO5/c1-17-6-7(13)5-12-10(14)8-3-2-4-9(8)11(15)16/h7-9,13H,2-6H2,1H3,(H,12,14)(H,15,16). The maximum atomic E-state index is 11.7. The molecule has 1 rings (SSSR count). The third kappa shape index (κ3) is 3.98. The number of aliphatic hydroxyl groups is 1. The molecule has 6 heteroatoms. The second-order valence-electron chi connectivity index (χ2n) is 4.34. The van der Waals surface area contributed by atoms with Gasteiger partial charge in [-0.2, -0.15) is 0 Å². The summed E-state index contributed by atoms with van der Waals surface area (Å²) in [7, 11) is 1.46. The van der Waals surface area contributed by atoms with E-state index in [0.717, 1.165) is 6.42 Å². The summed E-state index contributed by atoms with van der Waals surface area (Å²) in [5.41, 5.74) is 0. The lowest BCUT2D eigenvalue weighted by Crippen LogP contribution is -2.40. The second kappa shape index (κ2) is 6.56. The molecule has 0 saturated heterocycles. The van der Waals surface area contributed by atoms with Crippen molar-refractivity contribution in [1.82, 2.24) is 5.32 Å². The first kappa shape index (κ1) is 13.9. The SMILES string of the molecule is COCC(O)CNC(=O)C1CCCC1C(=O)O. The van der Waals surface area contributed by atoms with Crippen molar-refractivity contribution in [1.29, 1.82) is 0 Å². The molecule has 3 unspecified atom stereocenters. The van der Waals surface area contributed by atoms with E-state index in [1.165, 1.54) is 7.11 Å². The number of carboxylic acid groups (broad SMARTS) is 1. The Morgan fingerprint density at radius 2 is 2.06 bits per heavy atom. The van der Waals surface area contributed by atoms with Gasteiger partial charge >= 0.3 is 5.97 Å². The lowest BCUT2D eigenvalue weighted by molar-refractivity contribution is -0.146. The molecular formula is C11H19NO5. The number of aliphatic carboxylic acids is 1. The Kier molecular flexibility index (Phi) is 5.37. The van der Waals surface area contributed by atoms with Gasteiger partial charge in [-0.05, 0) is 12.8 Å². The zero-order valence-electron chi connectivity index (χ0n) is 9.89. The fourth-order valence-corrected chi connectivity index (χ4v) is 2.17. The number of rotatable bonds is 6. The number of nitrogens with one attached hydrogen (secondary N) is 1. The van der Waals surface area contributed by atoms with Crippen LogP contribution in [0.1, 0.15) is 19.3 Å². The van der Waals surface area contributed by atoms with Crippen molar-refractivity contribution in [2.24, 2.45) is 11.8 Å². The van der Waals surface area contributed by atoms with E-state index in [0.29, 0.717) is 12.8 Å². The van der Waals surface area contributed by atoms with Crippen LogP contribution < -0.4 is 5.32 Å². The predicted molar refractivity (Wildman–Crippen MR) is 59.4 cm³/mol. The predicted octanol–water partition coefficient (Wildman–Crippen LogP) is -0.389. The minimum Gasteiger partial charge on any atom is -0.481 e. The van der Waals surface area contributed by atoms with Crippen molar-refractivity contribution in [2.45, 2.75) is 25.4 Å². The van der Waals surface area contributed by atoms with Crippen LogP contribution in [0.3, 0.4) is 0 Å². The Hall–Kier alpha value is -1.14. The molecule has 0 radical (unpaired) electrons. The molecule has 0 aromatic rings. The highest BCUT2D eigenvalue weighted by molar-refractivity contribution is 5.85. The zero-order valence-corrected chi connectivity index (χ0v) is 9.89. The molecule has 0 heterocycles. The molecule has 3 atom stereocenters. The topological polar surface area (TPSA) is 95.9 Å². The van der Waals surface area contributed by atoms with Crippen molar-refractivity contribution >= 4 is 11.9 Å². The molecule has 0 bridgehead atoms. The first-order valence-electron chi connectivity index (χ1n) is 5.73. The number of aliphatic hydroxyl groups excluding tert-OH is 1. The highest BCUT2D eigenvalue weighted by Gasteiger charge is 2.37. The fourth-order valence-electron chi connectivity index (χ4n) is 2.17. The van der Waals surface area contributed by atoms with Crippen LogP contribution in [0.4, 0.5) is 0 Å². The maximum absolute atomic E-state index is 11.7. The molecule has 1 saturated carbocycles. The summed E-state index contributed by atoms with van der Waals surface area (Å²) in [6.07, 6.45) is 1.15. The monoisotopic (exact) mass is 245 g/mol. The van der Waals surface area contributed by atoms with Gasteiger partial charge < -0.3 is 20.3 Å². The third-order valence-electron chi connectivity index (χ3n) is 3.04. The molecule has 1 amide bonds. The van der Waals surface area contributed by atoms with Gasteiger partial charge in [0.15, 0.2) is 0 Å². The molecule has 0 aliphatic heterocycles. The minimum atomic E-state index is -0.917. The average Bonchev–Trinajstić information content (AvgIpc) is 2.75. The van der Waals surface area contributed by atoms with Crippen LogP contribution in [0.2, 0.25) is 0 Å². The van der Waals surface area contributed by atoms with Gasteiger partial charge in [0, 0.05) is 13.7 Å². The van der Waals surface area contributed by atoms with E-state index in [9.17, 15) is 14.7 Å². The highest BCUT2D eigenvalue weighted by atomic mass is 16.5. The van der Waals surface area contributed by atoms with E-state index < -0.39 is 23.9 Å². The zero-order chi connectivity index (χ0) is 12.8. The maximum Gasteiger partial charge on any atom is 0.307 e. The Bertz CT molecular complexity index is 281. The van der Waals surface area contributed by atoms with Crippen LogP contribution >= 0.6 is 0 Å². The normalized spacial score (nSPS) is 25.5. The summed E-state index contributed by atoms with van der Waals surface area (Å²) in [5, 5.41) is 20.9. The highest BCUT2D eigenvalue weighted by Crippen LogP contribution is 2.31. The van der Waals surface area contributed by atoms with Crippen molar-refractivity contribution in [2.75, 3.05) is 20.3 Å². The number of ether oxygens (including phenoxy) is 1. The molecule has 0 aromatic heterocycles. The van der Waals surface area contributed by atoms with Crippen molar-refractivity contribution in [3.63, 3.8) is 0 Å². The van der Waals surface area contributed by atoms with E-state index in [4.69, 9.17) is 9.84 Å². The average molecular weight is 245 g/mol. The summed E-state index contributed by atoms with van der Waals surface area (Å²) < 4.78 is 4.73. The molecule has 1 aliphatic rings. The molecule has 17 heavy (non-hydrogen) atoms. The van der Waals surface area contributed by atoms with Gasteiger partial charge in [0.05, 0.1) is 24.5 Å². The van der Waals surface area contributed by atoms with Crippen LogP contribution in [0.15, 0.2) is 0 Å². The minimum absolute atomic E-state index is 0.0928. The van der Waals surface area contributed by atoms with Crippen molar-refractivity contribution < 1.29 is 24.5 Å². The third-order valence-corrected chi connectivity index (χ3v) is 3.04. The number of carbonyl (C=O) groups is 2. The number of amides is 1.